The Labute approximate surface area is 708 Å². The highest BCUT2D eigenvalue weighted by atomic mass is 32.1. The summed E-state index contributed by atoms with van der Waals surface area (Å²) in [6.07, 6.45) is 10.0. The van der Waals surface area contributed by atoms with E-state index in [1.807, 2.05) is 20.8 Å². The van der Waals surface area contributed by atoms with Crippen LogP contribution in [-0.4, -0.2) is 197 Å². The van der Waals surface area contributed by atoms with Gasteiger partial charge in [0.05, 0.1) is 114 Å². The molecule has 0 atom stereocenters. The fourth-order valence-electron chi connectivity index (χ4n) is 12.5. The number of phosphoric acid groups is 1. The number of ether oxygens (including phenoxy) is 6. The number of anilines is 9. The van der Waals surface area contributed by atoms with Crippen molar-refractivity contribution in [2.45, 2.75) is 59.3 Å². The molecule has 644 valence electrons. The summed E-state index contributed by atoms with van der Waals surface area (Å²) in [6, 6.07) is 21.1. The maximum Gasteiger partial charge on any atom is 0.474 e. The van der Waals surface area contributed by atoms with Gasteiger partial charge in [0.15, 0.2) is 84.8 Å². The molecular formula is C81H87F6N18O13PS3. The molecule has 6 heterocycles. The van der Waals surface area contributed by atoms with E-state index in [9.17, 15) is 45.3 Å². The zero-order chi connectivity index (χ0) is 86.1. The van der Waals surface area contributed by atoms with Gasteiger partial charge in [-0.05, 0) is 93.5 Å². The van der Waals surface area contributed by atoms with Crippen LogP contribution in [-0.2, 0) is 51.8 Å². The second kappa shape index (κ2) is 43.8. The van der Waals surface area contributed by atoms with Crippen molar-refractivity contribution in [1.82, 2.24) is 59.6 Å². The van der Waals surface area contributed by atoms with Crippen molar-refractivity contribution in [1.29, 1.82) is 0 Å². The lowest BCUT2D eigenvalue weighted by Crippen LogP contribution is -2.31. The molecule has 6 aromatic heterocycles. The van der Waals surface area contributed by atoms with Crippen molar-refractivity contribution in [3.05, 3.63) is 178 Å². The van der Waals surface area contributed by atoms with Gasteiger partial charge in [0.1, 0.15) is 36.4 Å². The number of carbonyl (C=O) groups excluding carboxylic acids is 3. The predicted molar refractivity (Wildman–Crippen MR) is 453 cm³/mol. The monoisotopic (exact) mass is 1760 g/mol. The molecule has 6 aromatic carbocycles. The number of benzene rings is 6. The molecule has 6 N–H and O–H groups in total. The summed E-state index contributed by atoms with van der Waals surface area (Å²) in [6.45, 7) is 11.6. The Balaban J connectivity index is 0.630. The quantitative estimate of drug-likeness (QED) is 0.0117. The predicted octanol–water partition coefficient (Wildman–Crippen LogP) is 15.4. The second-order valence-corrected chi connectivity index (χ2v) is 31.8. The van der Waals surface area contributed by atoms with Crippen molar-refractivity contribution in [3.63, 3.8) is 0 Å². The van der Waals surface area contributed by atoms with Gasteiger partial charge < -0.3 is 75.0 Å². The number of nitrogens with zero attached hydrogens (tertiary/aromatic N) is 12. The van der Waals surface area contributed by atoms with Gasteiger partial charge in [0.25, 0.3) is 0 Å². The third kappa shape index (κ3) is 24.6. The Hall–Kier alpha value is -11.6. The summed E-state index contributed by atoms with van der Waals surface area (Å²) in [7, 11) is 0.356. The van der Waals surface area contributed by atoms with Crippen LogP contribution in [0.3, 0.4) is 0 Å². The first-order chi connectivity index (χ1) is 59.2. The summed E-state index contributed by atoms with van der Waals surface area (Å²) in [5.41, 5.74) is 0.827. The average molecular weight is 1760 g/mol. The van der Waals surface area contributed by atoms with Crippen LogP contribution in [0.5, 0.6) is 34.5 Å². The Morgan fingerprint density at radius 1 is 0.385 bits per heavy atom. The minimum absolute atomic E-state index is 0.00422. The number of likely N-dealkylation sites (N-methyl/N-ethyl adjacent to an activating group) is 3. The highest BCUT2D eigenvalue weighted by Gasteiger charge is 2.29. The summed E-state index contributed by atoms with van der Waals surface area (Å²) < 4.78 is 153. The molecule has 0 aliphatic rings. The summed E-state index contributed by atoms with van der Waals surface area (Å²) >= 11 is 3.55. The van der Waals surface area contributed by atoms with E-state index in [0.717, 1.165) is 18.2 Å². The molecular weight excluding hydrogens is 1670 g/mol. The maximum absolute atomic E-state index is 14.8. The van der Waals surface area contributed by atoms with Gasteiger partial charge >= 0.3 is 7.82 Å². The molecule has 0 saturated heterocycles. The van der Waals surface area contributed by atoms with E-state index in [4.69, 9.17) is 42.0 Å². The third-order valence-electron chi connectivity index (χ3n) is 18.7. The zero-order valence-electron chi connectivity index (χ0n) is 67.1. The standard InChI is InChI=1S/C81H87F6N18O13PS3/c1-7-103(22-13-28-113-67-40-61-52(37-64(67)110-4)76(94-46-91-61)100-79-88-43-49(120-79)34-70(106)97-58-19-10-16-55(82)73(58)85)25-31-116-119(109,117-32-26-104(8-2)23-14-29-114-68-41-62-53(38-65(68)111-5)77(95-47-92-62)101-80-89-44-50(121-80)35-71(107)98-59-20-11-17-56(83)74(59)86)118-33-27-105(9-3)24-15-30-115-69-42-63-54(39-66(69)112-6)78(96-48-93-63)102-81-90-45-51(122-81)36-72(108)99-60-21-12-18-57(84)75(60)87/h10-12,16-21,37-48H,7-9,13-15,22-36H2,1-6H3,(H,97,106)(H,98,107)(H,99,108)(H,88,91,94,100)(H,89,92,95,101)(H,90,93,96,102). The van der Waals surface area contributed by atoms with Crippen LogP contribution < -0.4 is 60.3 Å². The minimum Gasteiger partial charge on any atom is -0.493 e. The normalized spacial score (nSPS) is 11.6. The highest BCUT2D eigenvalue weighted by molar-refractivity contribution is 7.48. The summed E-state index contributed by atoms with van der Waals surface area (Å²) in [5.74, 6) is -4.52. The van der Waals surface area contributed by atoms with E-state index >= 15 is 0 Å². The Morgan fingerprint density at radius 3 is 0.959 bits per heavy atom. The number of thiazole rings is 3. The van der Waals surface area contributed by atoms with Crippen LogP contribution in [0.1, 0.15) is 54.7 Å². The molecule has 0 saturated carbocycles. The largest absolute Gasteiger partial charge is 0.493 e. The number of amides is 3. The second-order valence-electron chi connectivity index (χ2n) is 26.8. The van der Waals surface area contributed by atoms with Gasteiger partial charge in [-0.2, -0.15) is 0 Å². The zero-order valence-corrected chi connectivity index (χ0v) is 70.4. The molecule has 122 heavy (non-hydrogen) atoms. The van der Waals surface area contributed by atoms with Gasteiger partial charge in [-0.1, -0.05) is 39.0 Å². The number of nitrogens with one attached hydrogen (secondary N) is 6. The molecule has 41 heteroatoms. The van der Waals surface area contributed by atoms with E-state index in [1.165, 1.54) is 129 Å². The van der Waals surface area contributed by atoms with Crippen molar-refractivity contribution in [2.75, 3.05) is 152 Å². The fraction of sp³-hybridized carbons (Fsp3) is 0.333. The number of aromatic nitrogens is 9. The van der Waals surface area contributed by atoms with Crippen LogP contribution in [0.4, 0.5) is 76.3 Å². The van der Waals surface area contributed by atoms with Gasteiger partial charge in [-0.15, -0.1) is 34.0 Å². The Kier molecular flexibility index (Phi) is 32.2. The van der Waals surface area contributed by atoms with E-state index in [1.54, 1.807) is 36.4 Å². The first kappa shape index (κ1) is 89.7. The number of methoxy groups -OCH3 is 3. The first-order valence-electron chi connectivity index (χ1n) is 38.6. The van der Waals surface area contributed by atoms with E-state index < -0.39 is 60.4 Å². The van der Waals surface area contributed by atoms with E-state index in [0.29, 0.717) is 193 Å². The van der Waals surface area contributed by atoms with Crippen molar-refractivity contribution >= 4 is 142 Å². The number of fused-ring (bicyclic) bond motifs is 3. The SMILES string of the molecule is CCN(CCCOc1cc2ncnc(Nc3ncc(CC(=O)Nc4cccc(F)c4F)s3)c2cc1OC)CCOP(=O)(OCCN(CC)CCCOc1cc2ncnc(Nc3ncc(CC(=O)Nc4cccc(F)c4F)s3)c2cc1OC)OCCN(CC)CCCOc1cc2ncnc(Nc3ncc(CC(=O)Nc4cccc(F)c4F)s3)c2cc1OC. The van der Waals surface area contributed by atoms with Gasteiger partial charge in [-0.3, -0.25) is 28.0 Å². The maximum atomic E-state index is 14.8. The fourth-order valence-corrected chi connectivity index (χ4v) is 16.0. The lowest BCUT2D eigenvalue weighted by Gasteiger charge is -2.25. The van der Waals surface area contributed by atoms with Crippen LogP contribution in [0, 0.1) is 34.9 Å². The van der Waals surface area contributed by atoms with Gasteiger partial charge in [0.2, 0.25) is 17.7 Å². The molecule has 12 rings (SSSR count). The third-order valence-corrected chi connectivity index (χ3v) is 23.0. The van der Waals surface area contributed by atoms with Crippen molar-refractivity contribution in [2.24, 2.45) is 0 Å². The molecule has 3 amide bonds. The van der Waals surface area contributed by atoms with Gasteiger partial charge in [-0.25, -0.2) is 75.8 Å². The van der Waals surface area contributed by atoms with Crippen molar-refractivity contribution < 1.29 is 87.3 Å². The molecule has 12 aromatic rings. The molecule has 0 spiro atoms. The number of phosphoric ester groups is 1. The van der Waals surface area contributed by atoms with Crippen molar-refractivity contribution in [3.8, 4) is 34.5 Å². The molecule has 0 bridgehead atoms. The Morgan fingerprint density at radius 2 is 0.680 bits per heavy atom. The number of hydrogen-bond donors (Lipinski definition) is 6. The minimum atomic E-state index is -4.20. The van der Waals surface area contributed by atoms with E-state index in [2.05, 4.69) is 91.5 Å². The van der Waals surface area contributed by atoms with Crippen LogP contribution >= 0.6 is 41.8 Å². The van der Waals surface area contributed by atoms with E-state index in [-0.39, 0.29) is 76.0 Å². The number of carbonyl (C=O) groups is 3. The molecule has 0 aliphatic carbocycles. The Bertz CT molecular complexity index is 5120. The summed E-state index contributed by atoms with van der Waals surface area (Å²) in [4.78, 5) is 86.2. The highest BCUT2D eigenvalue weighted by Crippen LogP contribution is 2.49. The van der Waals surface area contributed by atoms with Crippen LogP contribution in [0.2, 0.25) is 0 Å². The molecule has 31 nitrogen and oxygen atoms in total. The number of hydrogen-bond acceptors (Lipinski definition) is 31. The number of rotatable bonds is 48. The molecule has 0 unspecified atom stereocenters. The summed E-state index contributed by atoms with van der Waals surface area (Å²) in [5, 5.41) is 19.8. The van der Waals surface area contributed by atoms with Crippen LogP contribution in [0.15, 0.2) is 129 Å². The first-order valence-corrected chi connectivity index (χ1v) is 42.5. The lowest BCUT2D eigenvalue weighted by atomic mass is 10.2. The van der Waals surface area contributed by atoms with Crippen LogP contribution in [0.25, 0.3) is 32.7 Å². The smallest absolute Gasteiger partial charge is 0.474 e. The molecule has 0 aliphatic heterocycles. The molecule has 0 fully saturated rings. The lowest BCUT2D eigenvalue weighted by molar-refractivity contribution is -0.116. The average Bonchev–Trinajstić information content (AvgIpc) is 1.16. The number of halogens is 6. The topological polar surface area (TPSA) is 349 Å². The van der Waals surface area contributed by atoms with Gasteiger partial charge in [0, 0.05) is 107 Å². The molecule has 0 radical (unpaired) electrons.